The van der Waals surface area contributed by atoms with E-state index in [0.717, 1.165) is 0 Å². The van der Waals surface area contributed by atoms with E-state index in [-0.39, 0.29) is 47.8 Å². The fourth-order valence-electron chi connectivity index (χ4n) is 3.42. The molecule has 0 atom stereocenters. The summed E-state index contributed by atoms with van der Waals surface area (Å²) in [6.07, 6.45) is 0. The molecular weight excluding hydrogens is 507 g/mol. The van der Waals surface area contributed by atoms with Gasteiger partial charge < -0.3 is 21.3 Å². The summed E-state index contributed by atoms with van der Waals surface area (Å²) in [6, 6.07) is 15.8. The van der Waals surface area contributed by atoms with Crippen molar-refractivity contribution in [2.45, 2.75) is 11.8 Å². The van der Waals surface area contributed by atoms with Crippen molar-refractivity contribution in [1.82, 2.24) is 0 Å². The van der Waals surface area contributed by atoms with E-state index in [9.17, 15) is 18.1 Å². The number of ether oxygens (including phenoxy) is 1. The van der Waals surface area contributed by atoms with Crippen LogP contribution in [0.5, 0.6) is 11.5 Å². The van der Waals surface area contributed by atoms with Crippen molar-refractivity contribution in [3.63, 3.8) is 0 Å². The Balaban J connectivity index is 0.00000253. The van der Waals surface area contributed by atoms with E-state index in [1.165, 1.54) is 31.4 Å². The maximum Gasteiger partial charge on any atom is 0.296 e. The summed E-state index contributed by atoms with van der Waals surface area (Å²) >= 11 is 0. The number of rotatable bonds is 6. The molecule has 13 heteroatoms. The standard InChI is InChI=1S/C24H22N6O5S.Na.H2/c1-13-9-20(21(35-2)12-19(13)28-27-17-7-5-15(25)6-8-17)29-30-23-22(36(32,33)34)10-14-3-4-16(26)11-18(14)24(23)31;;/h3-12,31H,25-26H2,1-2H3,(H,32,33,34);;1H. The molecule has 6 N–H and O–H groups in total. The van der Waals surface area contributed by atoms with Crippen LogP contribution in [-0.2, 0) is 10.1 Å². The Bertz CT molecular complexity index is 1650. The molecular formula is C24H24N6NaO5S. The van der Waals surface area contributed by atoms with Crippen molar-refractivity contribution in [3.8, 4) is 11.5 Å². The van der Waals surface area contributed by atoms with Crippen molar-refractivity contribution in [3.05, 3.63) is 66.2 Å². The molecule has 4 rings (SSSR count). The summed E-state index contributed by atoms with van der Waals surface area (Å²) in [6.45, 7) is 1.77. The molecule has 0 amide bonds. The van der Waals surface area contributed by atoms with Gasteiger partial charge in [0, 0.05) is 53.8 Å². The third-order valence-corrected chi connectivity index (χ3v) is 6.14. The van der Waals surface area contributed by atoms with Crippen molar-refractivity contribution in [1.29, 1.82) is 0 Å². The first-order valence-corrected chi connectivity index (χ1v) is 11.9. The number of fused-ring (bicyclic) bond motifs is 1. The molecule has 0 saturated heterocycles. The van der Waals surface area contributed by atoms with Gasteiger partial charge in [0.25, 0.3) is 10.1 Å². The van der Waals surface area contributed by atoms with Crippen molar-refractivity contribution in [2.24, 2.45) is 20.5 Å². The Hall–Kier alpha value is -3.55. The predicted octanol–water partition coefficient (Wildman–Crippen LogP) is 5.97. The molecule has 0 aliphatic heterocycles. The van der Waals surface area contributed by atoms with Crippen LogP contribution >= 0.6 is 0 Å². The molecule has 0 aliphatic carbocycles. The molecule has 37 heavy (non-hydrogen) atoms. The van der Waals surface area contributed by atoms with Gasteiger partial charge in [-0.3, -0.25) is 4.55 Å². The van der Waals surface area contributed by atoms with Gasteiger partial charge in [0.1, 0.15) is 22.0 Å². The van der Waals surface area contributed by atoms with Crippen LogP contribution < -0.4 is 16.2 Å². The van der Waals surface area contributed by atoms with Gasteiger partial charge >= 0.3 is 0 Å². The molecule has 0 aliphatic rings. The summed E-state index contributed by atoms with van der Waals surface area (Å²) < 4.78 is 39.2. The minimum atomic E-state index is -4.74. The van der Waals surface area contributed by atoms with Crippen LogP contribution in [0.3, 0.4) is 0 Å². The summed E-state index contributed by atoms with van der Waals surface area (Å²) in [5.74, 6) is -0.227. The zero-order chi connectivity index (χ0) is 26.0. The van der Waals surface area contributed by atoms with Gasteiger partial charge in [-0.1, -0.05) is 6.07 Å². The van der Waals surface area contributed by atoms with E-state index in [0.29, 0.717) is 33.7 Å². The van der Waals surface area contributed by atoms with E-state index in [4.69, 9.17) is 16.2 Å². The molecule has 0 unspecified atom stereocenters. The number of hydrogen-bond donors (Lipinski definition) is 4. The number of benzene rings is 4. The second-order valence-corrected chi connectivity index (χ2v) is 9.22. The molecule has 0 spiro atoms. The summed E-state index contributed by atoms with van der Waals surface area (Å²) in [5, 5.41) is 27.8. The van der Waals surface area contributed by atoms with Crippen molar-refractivity contribution in [2.75, 3.05) is 18.6 Å². The van der Waals surface area contributed by atoms with E-state index < -0.39 is 26.5 Å². The second kappa shape index (κ2) is 11.2. The average Bonchev–Trinajstić information content (AvgIpc) is 2.83. The normalized spacial score (nSPS) is 11.8. The van der Waals surface area contributed by atoms with Crippen LogP contribution in [0.2, 0.25) is 0 Å². The number of anilines is 2. The predicted molar refractivity (Wildman–Crippen MR) is 145 cm³/mol. The van der Waals surface area contributed by atoms with Gasteiger partial charge in [-0.15, -0.1) is 10.2 Å². The Morgan fingerprint density at radius 2 is 1.51 bits per heavy atom. The van der Waals surface area contributed by atoms with Gasteiger partial charge in [0.05, 0.1) is 18.5 Å². The minimum Gasteiger partial charge on any atom is -0.505 e. The number of nitrogens with zero attached hydrogens (tertiary/aromatic N) is 4. The Kier molecular flexibility index (Phi) is 8.51. The molecule has 11 nitrogen and oxygen atoms in total. The van der Waals surface area contributed by atoms with Gasteiger partial charge in [-0.05, 0) is 66.4 Å². The third-order valence-electron chi connectivity index (χ3n) is 5.28. The molecule has 4 aromatic rings. The van der Waals surface area contributed by atoms with E-state index in [1.807, 2.05) is 0 Å². The first-order valence-electron chi connectivity index (χ1n) is 10.5. The molecule has 1 radical (unpaired) electrons. The molecule has 0 fully saturated rings. The van der Waals surface area contributed by atoms with Gasteiger partial charge in [-0.2, -0.15) is 18.6 Å². The number of aryl methyl sites for hydroxylation is 1. The molecule has 0 aromatic heterocycles. The molecule has 0 heterocycles. The molecule has 0 bridgehead atoms. The van der Waals surface area contributed by atoms with Gasteiger partial charge in [0.15, 0.2) is 5.75 Å². The van der Waals surface area contributed by atoms with Gasteiger partial charge in [-0.25, -0.2) is 0 Å². The monoisotopic (exact) mass is 531 g/mol. The number of azo groups is 2. The van der Waals surface area contributed by atoms with Crippen molar-refractivity contribution >= 4 is 84.6 Å². The Morgan fingerprint density at radius 1 is 0.865 bits per heavy atom. The van der Waals surface area contributed by atoms with Crippen LogP contribution in [0.15, 0.2) is 86.0 Å². The fraction of sp³-hybridized carbons (Fsp3) is 0.0833. The fourth-order valence-corrected chi connectivity index (χ4v) is 4.08. The van der Waals surface area contributed by atoms with Crippen LogP contribution in [0.25, 0.3) is 10.8 Å². The first kappa shape index (κ1) is 28.0. The third kappa shape index (κ3) is 6.24. The minimum absolute atomic E-state index is 0. The number of nitrogens with two attached hydrogens (primary N) is 2. The number of hydrogen-bond acceptors (Lipinski definition) is 10. The molecule has 4 aromatic carbocycles. The number of nitrogen functional groups attached to an aromatic ring is 2. The van der Waals surface area contributed by atoms with E-state index in [1.54, 1.807) is 43.3 Å². The summed E-state index contributed by atoms with van der Waals surface area (Å²) in [7, 11) is -3.32. The largest absolute Gasteiger partial charge is 0.505 e. The van der Waals surface area contributed by atoms with E-state index in [2.05, 4.69) is 20.5 Å². The second-order valence-electron chi connectivity index (χ2n) is 7.83. The van der Waals surface area contributed by atoms with E-state index >= 15 is 0 Å². The number of methoxy groups -OCH3 is 1. The number of phenols is 1. The summed E-state index contributed by atoms with van der Waals surface area (Å²) in [4.78, 5) is -0.606. The van der Waals surface area contributed by atoms with Gasteiger partial charge in [0.2, 0.25) is 0 Å². The first-order chi connectivity index (χ1) is 17.1. The summed E-state index contributed by atoms with van der Waals surface area (Å²) in [5.41, 5.74) is 14.0. The van der Waals surface area contributed by atoms with Crippen LogP contribution in [0.1, 0.15) is 6.99 Å². The zero-order valence-corrected chi connectivity index (χ0v) is 23.1. The topological polar surface area (TPSA) is 185 Å². The quantitative estimate of drug-likeness (QED) is 0.102. The Labute approximate surface area is 236 Å². The number of phenolic OH excluding ortho intramolecular Hbond substituents is 1. The molecule has 0 saturated carbocycles. The maximum absolute atomic E-state index is 12.0. The number of aromatic hydroxyl groups is 1. The average molecular weight is 532 g/mol. The van der Waals surface area contributed by atoms with Crippen LogP contribution in [0.4, 0.5) is 34.1 Å². The SMILES string of the molecule is COc1cc(N=Nc2ccc(N)cc2)c(C)cc1N=Nc1c(S(=O)(=O)O)cc2ccc(N)cc2c1O.[HH].[Na]. The van der Waals surface area contributed by atoms with Crippen LogP contribution in [0, 0.1) is 6.92 Å². The van der Waals surface area contributed by atoms with Crippen molar-refractivity contribution < 1.29 is 24.2 Å². The maximum atomic E-state index is 12.0. The smallest absolute Gasteiger partial charge is 0.296 e. The van der Waals surface area contributed by atoms with Crippen LogP contribution in [-0.4, -0.2) is 54.7 Å². The Morgan fingerprint density at radius 3 is 2.16 bits per heavy atom. The molecule has 187 valence electrons. The zero-order valence-electron chi connectivity index (χ0n) is 20.2.